The van der Waals surface area contributed by atoms with E-state index in [1.165, 1.54) is 11.3 Å². The highest BCUT2D eigenvalue weighted by molar-refractivity contribution is 7.99. The molecule has 1 amide bonds. The zero-order valence-electron chi connectivity index (χ0n) is 13.6. The molecule has 0 aliphatic rings. The fourth-order valence-corrected chi connectivity index (χ4v) is 4.49. The smallest absolute Gasteiger partial charge is 0.226 e. The van der Waals surface area contributed by atoms with Crippen LogP contribution in [0.5, 0.6) is 0 Å². The number of fused-ring (bicyclic) bond motifs is 2. The normalized spacial score (nSPS) is 11.1. The highest BCUT2D eigenvalue weighted by Crippen LogP contribution is 2.28. The number of hydrogen-bond acceptors (Lipinski definition) is 5. The molecule has 1 N–H and O–H groups in total. The zero-order valence-corrected chi connectivity index (χ0v) is 16.0. The third kappa shape index (κ3) is 3.98. The van der Waals surface area contributed by atoms with Gasteiger partial charge in [-0.3, -0.25) is 4.79 Å². The first-order valence-corrected chi connectivity index (χ1v) is 10.2. The summed E-state index contributed by atoms with van der Waals surface area (Å²) in [5.41, 5.74) is 1.81. The maximum absolute atomic E-state index is 12.2. The van der Waals surface area contributed by atoms with Crippen molar-refractivity contribution in [2.75, 3.05) is 11.1 Å². The van der Waals surface area contributed by atoms with Gasteiger partial charge in [-0.1, -0.05) is 47.2 Å². The van der Waals surface area contributed by atoms with Gasteiger partial charge >= 0.3 is 0 Å². The number of halogens is 1. The molecule has 2 aromatic heterocycles. The number of amides is 1. The molecule has 4 rings (SSSR count). The van der Waals surface area contributed by atoms with Crippen molar-refractivity contribution in [3.8, 4) is 0 Å². The van der Waals surface area contributed by atoms with Gasteiger partial charge in [-0.25, -0.2) is 9.97 Å². The van der Waals surface area contributed by atoms with Crippen LogP contribution in [0.3, 0.4) is 0 Å². The number of anilines is 1. The van der Waals surface area contributed by atoms with Gasteiger partial charge < -0.3 is 5.32 Å². The number of nitrogens with one attached hydrogen (secondary N) is 1. The van der Waals surface area contributed by atoms with Crippen LogP contribution >= 0.6 is 34.7 Å². The minimum atomic E-state index is -0.0524. The van der Waals surface area contributed by atoms with Crippen molar-refractivity contribution in [3.63, 3.8) is 0 Å². The summed E-state index contributed by atoms with van der Waals surface area (Å²) < 4.78 is 0.961. The number of thiazole rings is 1. The molecule has 0 saturated carbocycles. The van der Waals surface area contributed by atoms with Gasteiger partial charge in [0.1, 0.15) is 0 Å². The first-order chi connectivity index (χ1) is 12.7. The van der Waals surface area contributed by atoms with E-state index in [2.05, 4.69) is 21.4 Å². The third-order valence-corrected chi connectivity index (χ3v) is 5.85. The maximum Gasteiger partial charge on any atom is 0.226 e. The van der Waals surface area contributed by atoms with Crippen LogP contribution in [-0.4, -0.2) is 21.6 Å². The standard InChI is InChI=1S/C19H14ClN3OS2/c20-13-6-7-15-16(11-13)26-19(22-15)23-17(24)9-10-25-18-8-5-12-3-1-2-4-14(12)21-18/h1-8,11H,9-10H2,(H,22,23,24). The second-order valence-electron chi connectivity index (χ2n) is 5.62. The van der Waals surface area contributed by atoms with Crippen molar-refractivity contribution < 1.29 is 4.79 Å². The number of thioether (sulfide) groups is 1. The molecule has 2 aromatic carbocycles. The molecule has 130 valence electrons. The minimum absolute atomic E-state index is 0.0524. The Balaban J connectivity index is 1.34. The number of carbonyl (C=O) groups excluding carboxylic acids is 1. The van der Waals surface area contributed by atoms with E-state index in [0.717, 1.165) is 26.1 Å². The van der Waals surface area contributed by atoms with Gasteiger partial charge in [0.2, 0.25) is 5.91 Å². The Morgan fingerprint density at radius 3 is 2.88 bits per heavy atom. The predicted molar refractivity (Wildman–Crippen MR) is 110 cm³/mol. The molecule has 0 spiro atoms. The SMILES string of the molecule is O=C(CCSc1ccc2ccccc2n1)Nc1nc2ccc(Cl)cc2s1. The highest BCUT2D eigenvalue weighted by Gasteiger charge is 2.09. The quantitative estimate of drug-likeness (QED) is 0.442. The van der Waals surface area contributed by atoms with Gasteiger partial charge in [0.05, 0.1) is 20.8 Å². The maximum atomic E-state index is 12.2. The lowest BCUT2D eigenvalue weighted by molar-refractivity contribution is -0.115. The van der Waals surface area contributed by atoms with Crippen LogP contribution in [0.15, 0.2) is 59.6 Å². The molecule has 0 radical (unpaired) electrons. The van der Waals surface area contributed by atoms with Gasteiger partial charge in [-0.2, -0.15) is 0 Å². The highest BCUT2D eigenvalue weighted by atomic mass is 35.5. The number of para-hydroxylation sites is 1. The van der Waals surface area contributed by atoms with Crippen LogP contribution in [-0.2, 0) is 4.79 Å². The average Bonchev–Trinajstić information content (AvgIpc) is 3.02. The lowest BCUT2D eigenvalue weighted by Gasteiger charge is -2.03. The molecule has 26 heavy (non-hydrogen) atoms. The van der Waals surface area contributed by atoms with Crippen LogP contribution in [0, 0.1) is 0 Å². The number of pyridine rings is 1. The fourth-order valence-electron chi connectivity index (χ4n) is 2.51. The van der Waals surface area contributed by atoms with Crippen LogP contribution in [0.25, 0.3) is 21.1 Å². The van der Waals surface area contributed by atoms with Crippen LogP contribution < -0.4 is 5.32 Å². The largest absolute Gasteiger partial charge is 0.302 e. The molecule has 4 nitrogen and oxygen atoms in total. The van der Waals surface area contributed by atoms with Crippen molar-refractivity contribution in [1.82, 2.24) is 9.97 Å². The summed E-state index contributed by atoms with van der Waals surface area (Å²) in [5.74, 6) is 0.608. The number of rotatable bonds is 5. The Morgan fingerprint density at radius 1 is 1.08 bits per heavy atom. The molecule has 0 fully saturated rings. The number of hydrogen-bond donors (Lipinski definition) is 1. The van der Waals surface area contributed by atoms with E-state index < -0.39 is 0 Å². The first kappa shape index (κ1) is 17.3. The second-order valence-corrected chi connectivity index (χ2v) is 8.20. The Hall–Kier alpha value is -2.15. The molecule has 7 heteroatoms. The van der Waals surface area contributed by atoms with Crippen LogP contribution in [0.4, 0.5) is 5.13 Å². The third-order valence-electron chi connectivity index (χ3n) is 3.75. The molecule has 0 atom stereocenters. The molecule has 0 bridgehead atoms. The average molecular weight is 400 g/mol. The summed E-state index contributed by atoms with van der Waals surface area (Å²) >= 11 is 8.98. The van der Waals surface area contributed by atoms with Gasteiger partial charge in [-0.05, 0) is 30.3 Å². The number of carbonyl (C=O) groups is 1. The number of benzene rings is 2. The molecular formula is C19H14ClN3OS2. The van der Waals surface area contributed by atoms with Crippen LogP contribution in [0.2, 0.25) is 5.02 Å². The van der Waals surface area contributed by atoms with Crippen molar-refractivity contribution in [3.05, 3.63) is 59.6 Å². The molecule has 2 heterocycles. The summed E-state index contributed by atoms with van der Waals surface area (Å²) in [6.07, 6.45) is 0.399. The van der Waals surface area contributed by atoms with E-state index in [-0.39, 0.29) is 5.91 Å². The van der Waals surface area contributed by atoms with Gasteiger partial charge in [-0.15, -0.1) is 11.8 Å². The molecule has 4 aromatic rings. The van der Waals surface area contributed by atoms with Crippen molar-refractivity contribution in [2.24, 2.45) is 0 Å². The van der Waals surface area contributed by atoms with E-state index in [1.807, 2.05) is 42.5 Å². The molecule has 0 saturated heterocycles. The Morgan fingerprint density at radius 2 is 1.96 bits per heavy atom. The van der Waals surface area contributed by atoms with Crippen molar-refractivity contribution in [2.45, 2.75) is 11.4 Å². The lowest BCUT2D eigenvalue weighted by Crippen LogP contribution is -2.11. The minimum Gasteiger partial charge on any atom is -0.302 e. The number of nitrogens with zero attached hydrogens (tertiary/aromatic N) is 2. The summed E-state index contributed by atoms with van der Waals surface area (Å²) in [4.78, 5) is 21.2. The Bertz CT molecular complexity index is 1100. The van der Waals surface area contributed by atoms with Gasteiger partial charge in [0, 0.05) is 22.6 Å². The lowest BCUT2D eigenvalue weighted by atomic mass is 10.2. The fraction of sp³-hybridized carbons (Fsp3) is 0.105. The van der Waals surface area contributed by atoms with Gasteiger partial charge in [0.15, 0.2) is 5.13 Å². The molecular weight excluding hydrogens is 386 g/mol. The summed E-state index contributed by atoms with van der Waals surface area (Å²) in [5, 5.41) is 6.16. The van der Waals surface area contributed by atoms with E-state index >= 15 is 0 Å². The van der Waals surface area contributed by atoms with Crippen molar-refractivity contribution >= 4 is 66.9 Å². The van der Waals surface area contributed by atoms with E-state index in [9.17, 15) is 4.79 Å². The molecule has 0 unspecified atom stereocenters. The first-order valence-electron chi connectivity index (χ1n) is 8.02. The number of aromatic nitrogens is 2. The zero-order chi connectivity index (χ0) is 17.9. The van der Waals surface area contributed by atoms with Crippen LogP contribution in [0.1, 0.15) is 6.42 Å². The topological polar surface area (TPSA) is 54.9 Å². The Labute approximate surface area is 163 Å². The predicted octanol–water partition coefficient (Wildman–Crippen LogP) is 5.62. The second kappa shape index (κ2) is 7.61. The van der Waals surface area contributed by atoms with E-state index in [1.54, 1.807) is 17.8 Å². The summed E-state index contributed by atoms with van der Waals surface area (Å²) in [6.45, 7) is 0. The molecule has 0 aliphatic heterocycles. The monoisotopic (exact) mass is 399 g/mol. The summed E-state index contributed by atoms with van der Waals surface area (Å²) in [6, 6.07) is 17.5. The Kier molecular flexibility index (Phi) is 5.06. The van der Waals surface area contributed by atoms with E-state index in [0.29, 0.717) is 22.3 Å². The van der Waals surface area contributed by atoms with E-state index in [4.69, 9.17) is 11.6 Å². The van der Waals surface area contributed by atoms with Crippen molar-refractivity contribution in [1.29, 1.82) is 0 Å². The molecule has 0 aliphatic carbocycles. The van der Waals surface area contributed by atoms with Gasteiger partial charge in [0.25, 0.3) is 0 Å². The summed E-state index contributed by atoms with van der Waals surface area (Å²) in [7, 11) is 0.